The molecule has 0 aliphatic carbocycles. The van der Waals surface area contributed by atoms with Crippen LogP contribution in [-0.4, -0.2) is 13.0 Å². The fourth-order valence-electron chi connectivity index (χ4n) is 1.92. The van der Waals surface area contributed by atoms with Gasteiger partial charge in [0.15, 0.2) is 0 Å². The molecule has 0 aliphatic rings. The highest BCUT2D eigenvalue weighted by molar-refractivity contribution is 9.10. The normalized spacial score (nSPS) is 10.7. The van der Waals surface area contributed by atoms with Crippen LogP contribution in [0.1, 0.15) is 16.7 Å². The molecule has 0 heterocycles. The lowest BCUT2D eigenvalue weighted by atomic mass is 10.1. The van der Waals surface area contributed by atoms with E-state index in [-0.39, 0.29) is 5.91 Å². The molecule has 2 aromatic rings. The first kappa shape index (κ1) is 16.3. The quantitative estimate of drug-likeness (QED) is 0.816. The number of methoxy groups -OCH3 is 1. The van der Waals surface area contributed by atoms with Crippen molar-refractivity contribution in [1.29, 1.82) is 0 Å². The highest BCUT2D eigenvalue weighted by Gasteiger charge is 2.00. The Morgan fingerprint density at radius 3 is 2.59 bits per heavy atom. The number of hydrogen-bond donors (Lipinski definition) is 1. The Kier molecular flexibility index (Phi) is 5.78. The Labute approximate surface area is 139 Å². The third-order valence-electron chi connectivity index (χ3n) is 3.20. The summed E-state index contributed by atoms with van der Waals surface area (Å²) in [7, 11) is 1.63. The Morgan fingerprint density at radius 2 is 1.95 bits per heavy atom. The maximum absolute atomic E-state index is 11.9. The molecule has 0 bridgehead atoms. The Bertz CT molecular complexity index is 678. The summed E-state index contributed by atoms with van der Waals surface area (Å²) in [6.07, 6.45) is 3.34. The average molecular weight is 360 g/mol. The Hall–Kier alpha value is -2.07. The second-order valence-electron chi connectivity index (χ2n) is 4.92. The van der Waals surface area contributed by atoms with Gasteiger partial charge in [-0.25, -0.2) is 0 Å². The first-order valence-corrected chi connectivity index (χ1v) is 7.73. The van der Waals surface area contributed by atoms with Crippen LogP contribution in [0.2, 0.25) is 0 Å². The fourth-order valence-corrected chi connectivity index (χ4v) is 2.55. The lowest BCUT2D eigenvalue weighted by molar-refractivity contribution is -0.116. The SMILES string of the molecule is COc1ccc(CNC(=O)/C=C/c2ccc(C)cc2Br)cc1. The van der Waals surface area contributed by atoms with Gasteiger partial charge in [0.25, 0.3) is 0 Å². The lowest BCUT2D eigenvalue weighted by Crippen LogP contribution is -2.20. The lowest BCUT2D eigenvalue weighted by Gasteiger charge is -2.04. The molecular weight excluding hydrogens is 342 g/mol. The monoisotopic (exact) mass is 359 g/mol. The first-order valence-electron chi connectivity index (χ1n) is 6.93. The fraction of sp³-hybridized carbons (Fsp3) is 0.167. The molecule has 0 saturated carbocycles. The highest BCUT2D eigenvalue weighted by Crippen LogP contribution is 2.19. The summed E-state index contributed by atoms with van der Waals surface area (Å²) in [6.45, 7) is 2.52. The molecule has 0 atom stereocenters. The summed E-state index contributed by atoms with van der Waals surface area (Å²) in [4.78, 5) is 11.9. The number of rotatable bonds is 5. The number of halogens is 1. The summed E-state index contributed by atoms with van der Waals surface area (Å²) in [6, 6.07) is 13.6. The minimum atomic E-state index is -0.122. The number of amides is 1. The maximum atomic E-state index is 11.9. The number of ether oxygens (including phenoxy) is 1. The number of hydrogen-bond acceptors (Lipinski definition) is 2. The highest BCUT2D eigenvalue weighted by atomic mass is 79.9. The molecule has 0 radical (unpaired) electrons. The second kappa shape index (κ2) is 7.80. The zero-order valence-electron chi connectivity index (χ0n) is 12.6. The van der Waals surface area contributed by atoms with E-state index in [2.05, 4.69) is 21.2 Å². The van der Waals surface area contributed by atoms with Crippen LogP contribution in [0.5, 0.6) is 5.75 Å². The van der Waals surface area contributed by atoms with Gasteiger partial charge in [0.1, 0.15) is 5.75 Å². The van der Waals surface area contributed by atoms with E-state index in [0.717, 1.165) is 21.3 Å². The molecule has 0 saturated heterocycles. The summed E-state index contributed by atoms with van der Waals surface area (Å²) < 4.78 is 6.08. The average Bonchev–Trinajstić information content (AvgIpc) is 2.52. The van der Waals surface area contributed by atoms with Crippen LogP contribution in [0.4, 0.5) is 0 Å². The minimum Gasteiger partial charge on any atom is -0.497 e. The molecule has 1 N–H and O–H groups in total. The molecule has 1 amide bonds. The van der Waals surface area contributed by atoms with Gasteiger partial charge in [-0.05, 0) is 47.9 Å². The van der Waals surface area contributed by atoms with Gasteiger partial charge >= 0.3 is 0 Å². The largest absolute Gasteiger partial charge is 0.497 e. The van der Waals surface area contributed by atoms with Crippen LogP contribution in [0.3, 0.4) is 0 Å². The molecule has 2 rings (SSSR count). The van der Waals surface area contributed by atoms with E-state index in [9.17, 15) is 4.79 Å². The van der Waals surface area contributed by atoms with Crippen molar-refractivity contribution in [2.75, 3.05) is 7.11 Å². The first-order chi connectivity index (χ1) is 10.6. The summed E-state index contributed by atoms with van der Waals surface area (Å²) in [5.41, 5.74) is 3.18. The number of benzene rings is 2. The number of nitrogens with one attached hydrogen (secondary N) is 1. The van der Waals surface area contributed by atoms with Gasteiger partial charge in [0.05, 0.1) is 7.11 Å². The second-order valence-corrected chi connectivity index (χ2v) is 5.78. The predicted molar refractivity (Wildman–Crippen MR) is 92.8 cm³/mol. The smallest absolute Gasteiger partial charge is 0.244 e. The predicted octanol–water partition coefficient (Wildman–Crippen LogP) is 4.10. The van der Waals surface area contributed by atoms with Crippen molar-refractivity contribution in [2.45, 2.75) is 13.5 Å². The summed E-state index contributed by atoms with van der Waals surface area (Å²) >= 11 is 3.49. The van der Waals surface area contributed by atoms with Crippen molar-refractivity contribution < 1.29 is 9.53 Å². The van der Waals surface area contributed by atoms with Gasteiger partial charge in [-0.1, -0.05) is 40.2 Å². The van der Waals surface area contributed by atoms with Gasteiger partial charge in [-0.2, -0.15) is 0 Å². The van der Waals surface area contributed by atoms with Crippen molar-refractivity contribution in [3.63, 3.8) is 0 Å². The van der Waals surface area contributed by atoms with Crippen molar-refractivity contribution in [1.82, 2.24) is 5.32 Å². The van der Waals surface area contributed by atoms with Crippen molar-refractivity contribution in [3.05, 3.63) is 69.7 Å². The van der Waals surface area contributed by atoms with E-state index in [1.807, 2.05) is 49.4 Å². The number of carbonyl (C=O) groups excluding carboxylic acids is 1. The third kappa shape index (κ3) is 4.74. The topological polar surface area (TPSA) is 38.3 Å². The van der Waals surface area contributed by atoms with Gasteiger partial charge in [0, 0.05) is 17.1 Å². The van der Waals surface area contributed by atoms with E-state index >= 15 is 0 Å². The summed E-state index contributed by atoms with van der Waals surface area (Å²) in [5.74, 6) is 0.683. The molecule has 22 heavy (non-hydrogen) atoms. The number of aryl methyl sites for hydroxylation is 1. The molecule has 114 valence electrons. The van der Waals surface area contributed by atoms with Crippen molar-refractivity contribution in [3.8, 4) is 5.75 Å². The van der Waals surface area contributed by atoms with Gasteiger partial charge in [0.2, 0.25) is 5.91 Å². The zero-order valence-corrected chi connectivity index (χ0v) is 14.2. The van der Waals surface area contributed by atoms with Gasteiger partial charge in [-0.3, -0.25) is 4.79 Å². The molecule has 4 heteroatoms. The van der Waals surface area contributed by atoms with Gasteiger partial charge in [-0.15, -0.1) is 0 Å². The van der Waals surface area contributed by atoms with Gasteiger partial charge < -0.3 is 10.1 Å². The summed E-state index contributed by atoms with van der Waals surface area (Å²) in [5, 5.41) is 2.86. The van der Waals surface area contributed by atoms with E-state index in [1.165, 1.54) is 5.56 Å². The standard InChI is InChI=1S/C18H18BrNO2/c1-13-3-6-15(17(19)11-13)7-10-18(21)20-12-14-4-8-16(22-2)9-5-14/h3-11H,12H2,1-2H3,(H,20,21)/b10-7+. The number of carbonyl (C=O) groups is 1. The van der Waals surface area contributed by atoms with Crippen molar-refractivity contribution in [2.24, 2.45) is 0 Å². The third-order valence-corrected chi connectivity index (χ3v) is 3.88. The van der Waals surface area contributed by atoms with Crippen LogP contribution in [-0.2, 0) is 11.3 Å². The Morgan fingerprint density at radius 1 is 1.23 bits per heavy atom. The zero-order chi connectivity index (χ0) is 15.9. The molecule has 0 aliphatic heterocycles. The van der Waals surface area contributed by atoms with E-state index in [1.54, 1.807) is 19.3 Å². The molecular formula is C18H18BrNO2. The van der Waals surface area contributed by atoms with Crippen LogP contribution in [0.15, 0.2) is 53.0 Å². The molecule has 3 nitrogen and oxygen atoms in total. The van der Waals surface area contributed by atoms with Crippen LogP contribution < -0.4 is 10.1 Å². The van der Waals surface area contributed by atoms with E-state index in [0.29, 0.717) is 6.54 Å². The van der Waals surface area contributed by atoms with Crippen LogP contribution >= 0.6 is 15.9 Å². The molecule has 0 aromatic heterocycles. The maximum Gasteiger partial charge on any atom is 0.244 e. The Balaban J connectivity index is 1.90. The molecule has 0 unspecified atom stereocenters. The van der Waals surface area contributed by atoms with E-state index < -0.39 is 0 Å². The van der Waals surface area contributed by atoms with Crippen LogP contribution in [0.25, 0.3) is 6.08 Å². The van der Waals surface area contributed by atoms with Crippen LogP contribution in [0, 0.1) is 6.92 Å². The van der Waals surface area contributed by atoms with E-state index in [4.69, 9.17) is 4.74 Å². The van der Waals surface area contributed by atoms with Crippen molar-refractivity contribution >= 4 is 27.9 Å². The molecule has 0 spiro atoms. The minimum absolute atomic E-state index is 0.122. The molecule has 2 aromatic carbocycles. The molecule has 0 fully saturated rings.